The summed E-state index contributed by atoms with van der Waals surface area (Å²) >= 11 is 0. The maximum atomic E-state index is 4.88. The van der Waals surface area contributed by atoms with Gasteiger partial charge in [-0.05, 0) is 12.5 Å². The van der Waals surface area contributed by atoms with Crippen molar-refractivity contribution in [3.63, 3.8) is 0 Å². The molecule has 2 heteroatoms. The number of anilines is 1. The molecule has 3 aromatic rings. The highest BCUT2D eigenvalue weighted by Crippen LogP contribution is 2.33. The Morgan fingerprint density at radius 1 is 0.950 bits per heavy atom. The number of aromatic nitrogens is 1. The summed E-state index contributed by atoms with van der Waals surface area (Å²) < 4.78 is 0. The number of pyridine rings is 1. The average molecular weight is 262 g/mol. The van der Waals surface area contributed by atoms with Crippen LogP contribution in [0.4, 0.5) is 5.69 Å². The molecule has 1 heterocycles. The first-order chi connectivity index (χ1) is 9.85. The number of nitrogens with zero attached hydrogens (tertiary/aromatic N) is 1. The van der Waals surface area contributed by atoms with Gasteiger partial charge >= 0.3 is 0 Å². The molecular formula is C18H18N2. The van der Waals surface area contributed by atoms with Crippen LogP contribution < -0.4 is 5.32 Å². The van der Waals surface area contributed by atoms with Crippen molar-refractivity contribution in [2.75, 3.05) is 12.4 Å². The summed E-state index contributed by atoms with van der Waals surface area (Å²) in [7, 11) is 1.98. The molecule has 3 rings (SSSR count). The van der Waals surface area contributed by atoms with Gasteiger partial charge in [0.15, 0.2) is 0 Å². The Balaban J connectivity index is 2.37. The average Bonchev–Trinajstić information content (AvgIpc) is 2.53. The summed E-state index contributed by atoms with van der Waals surface area (Å²) in [6.45, 7) is 2.18. The normalized spacial score (nSPS) is 10.7. The van der Waals surface area contributed by atoms with E-state index in [0.29, 0.717) is 0 Å². The van der Waals surface area contributed by atoms with Crippen molar-refractivity contribution in [3.8, 4) is 11.3 Å². The number of rotatable bonds is 3. The first-order valence-electron chi connectivity index (χ1n) is 7.00. The highest BCUT2D eigenvalue weighted by atomic mass is 14.8. The summed E-state index contributed by atoms with van der Waals surface area (Å²) in [5, 5.41) is 4.55. The van der Waals surface area contributed by atoms with E-state index in [0.717, 1.165) is 17.6 Å². The summed E-state index contributed by atoms with van der Waals surface area (Å²) in [6.07, 6.45) is 0.957. The van der Waals surface area contributed by atoms with E-state index in [1.165, 1.54) is 22.2 Å². The Labute approximate surface area is 119 Å². The molecule has 0 atom stereocenters. The second-order valence-corrected chi connectivity index (χ2v) is 4.80. The van der Waals surface area contributed by atoms with E-state index in [4.69, 9.17) is 4.98 Å². The first kappa shape index (κ1) is 12.7. The molecule has 0 aliphatic rings. The van der Waals surface area contributed by atoms with Crippen LogP contribution >= 0.6 is 0 Å². The lowest BCUT2D eigenvalue weighted by atomic mass is 9.99. The highest BCUT2D eigenvalue weighted by Gasteiger charge is 2.13. The highest BCUT2D eigenvalue weighted by molar-refractivity contribution is 5.96. The van der Waals surface area contributed by atoms with Gasteiger partial charge in [0.1, 0.15) is 0 Å². The van der Waals surface area contributed by atoms with Crippen molar-refractivity contribution in [2.45, 2.75) is 13.3 Å². The van der Waals surface area contributed by atoms with Crippen LogP contribution in [0.5, 0.6) is 0 Å². The minimum absolute atomic E-state index is 0.957. The number of benzene rings is 2. The lowest BCUT2D eigenvalue weighted by Crippen LogP contribution is -2.01. The summed E-state index contributed by atoms with van der Waals surface area (Å²) in [5.74, 6) is 0. The van der Waals surface area contributed by atoms with Gasteiger partial charge in [-0.15, -0.1) is 0 Å². The van der Waals surface area contributed by atoms with E-state index in [-0.39, 0.29) is 0 Å². The van der Waals surface area contributed by atoms with Gasteiger partial charge < -0.3 is 5.32 Å². The van der Waals surface area contributed by atoms with Gasteiger partial charge in [0.2, 0.25) is 0 Å². The van der Waals surface area contributed by atoms with Crippen LogP contribution in [-0.2, 0) is 6.42 Å². The quantitative estimate of drug-likeness (QED) is 0.751. The van der Waals surface area contributed by atoms with E-state index >= 15 is 0 Å². The molecule has 0 saturated heterocycles. The number of fused-ring (bicyclic) bond motifs is 1. The Kier molecular flexibility index (Phi) is 3.38. The van der Waals surface area contributed by atoms with Gasteiger partial charge in [0.25, 0.3) is 0 Å². The van der Waals surface area contributed by atoms with Crippen molar-refractivity contribution in [1.29, 1.82) is 0 Å². The van der Waals surface area contributed by atoms with Gasteiger partial charge in [-0.25, -0.2) is 4.98 Å². The zero-order valence-electron chi connectivity index (χ0n) is 11.9. The molecule has 2 aromatic carbocycles. The first-order valence-corrected chi connectivity index (χ1v) is 7.00. The second kappa shape index (κ2) is 5.33. The van der Waals surface area contributed by atoms with E-state index in [1.807, 2.05) is 19.2 Å². The van der Waals surface area contributed by atoms with E-state index in [9.17, 15) is 0 Å². The molecule has 1 aromatic heterocycles. The summed E-state index contributed by atoms with van der Waals surface area (Å²) in [6, 6.07) is 18.7. The molecular weight excluding hydrogens is 244 g/mol. The number of nitrogens with one attached hydrogen (secondary N) is 1. The van der Waals surface area contributed by atoms with Crippen LogP contribution in [0.3, 0.4) is 0 Å². The molecule has 0 unspecified atom stereocenters. The van der Waals surface area contributed by atoms with Gasteiger partial charge in [0.05, 0.1) is 11.2 Å². The van der Waals surface area contributed by atoms with Crippen LogP contribution in [0, 0.1) is 0 Å². The number of hydrogen-bond donors (Lipinski definition) is 1. The minimum Gasteiger partial charge on any atom is -0.387 e. The Morgan fingerprint density at radius 3 is 2.35 bits per heavy atom. The smallest absolute Gasteiger partial charge is 0.0762 e. The molecule has 2 nitrogen and oxygen atoms in total. The second-order valence-electron chi connectivity index (χ2n) is 4.80. The standard InChI is InChI=1S/C18H18N2/c1-3-14-17(13-9-5-4-6-10-13)20-16-12-8-7-11-15(16)18(14)19-2/h4-12H,3H2,1-2H3,(H,19,20). The molecule has 0 radical (unpaired) electrons. The fraction of sp³-hybridized carbons (Fsp3) is 0.167. The van der Waals surface area contributed by atoms with Crippen LogP contribution in [0.15, 0.2) is 54.6 Å². The SMILES string of the molecule is CCc1c(-c2ccccc2)nc2ccccc2c1NC. The largest absolute Gasteiger partial charge is 0.387 e. The fourth-order valence-electron chi connectivity index (χ4n) is 2.72. The van der Waals surface area contributed by atoms with Gasteiger partial charge in [0, 0.05) is 29.2 Å². The number of hydrogen-bond acceptors (Lipinski definition) is 2. The molecule has 0 aliphatic heterocycles. The van der Waals surface area contributed by atoms with Crippen LogP contribution in [0.25, 0.3) is 22.2 Å². The van der Waals surface area contributed by atoms with Gasteiger partial charge in [-0.3, -0.25) is 0 Å². The Bertz CT molecular complexity index is 733. The third-order valence-electron chi connectivity index (χ3n) is 3.64. The van der Waals surface area contributed by atoms with Crippen molar-refractivity contribution in [2.24, 2.45) is 0 Å². The molecule has 0 aliphatic carbocycles. The van der Waals surface area contributed by atoms with E-state index < -0.39 is 0 Å². The fourth-order valence-corrected chi connectivity index (χ4v) is 2.72. The predicted octanol–water partition coefficient (Wildman–Crippen LogP) is 4.51. The molecule has 1 N–H and O–H groups in total. The topological polar surface area (TPSA) is 24.9 Å². The molecule has 0 saturated carbocycles. The van der Waals surface area contributed by atoms with Crippen LogP contribution in [0.2, 0.25) is 0 Å². The zero-order valence-corrected chi connectivity index (χ0v) is 11.9. The molecule has 0 fully saturated rings. The van der Waals surface area contributed by atoms with Crippen molar-refractivity contribution < 1.29 is 0 Å². The summed E-state index contributed by atoms with van der Waals surface area (Å²) in [5.41, 5.74) is 5.75. The van der Waals surface area contributed by atoms with Crippen molar-refractivity contribution in [3.05, 3.63) is 60.2 Å². The number of para-hydroxylation sites is 1. The third-order valence-corrected chi connectivity index (χ3v) is 3.64. The Hall–Kier alpha value is -2.35. The molecule has 0 bridgehead atoms. The monoisotopic (exact) mass is 262 g/mol. The van der Waals surface area contributed by atoms with Crippen molar-refractivity contribution >= 4 is 16.6 Å². The lowest BCUT2D eigenvalue weighted by molar-refractivity contribution is 1.12. The van der Waals surface area contributed by atoms with Gasteiger partial charge in [-0.2, -0.15) is 0 Å². The van der Waals surface area contributed by atoms with Crippen LogP contribution in [-0.4, -0.2) is 12.0 Å². The van der Waals surface area contributed by atoms with E-state index in [2.05, 4.69) is 54.7 Å². The third kappa shape index (κ3) is 2.03. The van der Waals surface area contributed by atoms with Gasteiger partial charge in [-0.1, -0.05) is 55.5 Å². The minimum atomic E-state index is 0.957. The molecule has 100 valence electrons. The molecule has 0 spiro atoms. The predicted molar refractivity (Wildman–Crippen MR) is 86.1 cm³/mol. The summed E-state index contributed by atoms with van der Waals surface area (Å²) in [4.78, 5) is 4.88. The Morgan fingerprint density at radius 2 is 1.65 bits per heavy atom. The van der Waals surface area contributed by atoms with Crippen LogP contribution in [0.1, 0.15) is 12.5 Å². The lowest BCUT2D eigenvalue weighted by Gasteiger charge is -2.16. The van der Waals surface area contributed by atoms with E-state index in [1.54, 1.807) is 0 Å². The maximum Gasteiger partial charge on any atom is 0.0762 e. The zero-order chi connectivity index (χ0) is 13.9. The molecule has 0 amide bonds. The maximum absolute atomic E-state index is 4.88. The molecule has 20 heavy (non-hydrogen) atoms. The van der Waals surface area contributed by atoms with Crippen molar-refractivity contribution in [1.82, 2.24) is 4.98 Å².